The van der Waals surface area contributed by atoms with Gasteiger partial charge in [0.15, 0.2) is 0 Å². The molecular formula is C18H26N2O3. The minimum atomic E-state index is -0.185. The van der Waals surface area contributed by atoms with Crippen LogP contribution < -0.4 is 4.74 Å². The molecule has 0 aliphatic carbocycles. The van der Waals surface area contributed by atoms with Crippen LogP contribution in [-0.2, 0) is 9.53 Å². The maximum atomic E-state index is 12.2. The molecule has 3 heterocycles. The third-order valence-corrected chi connectivity index (χ3v) is 4.89. The maximum Gasteiger partial charge on any atom is 0.222 e. The van der Waals surface area contributed by atoms with Gasteiger partial charge in [-0.1, -0.05) is 13.8 Å². The lowest BCUT2D eigenvalue weighted by atomic mass is 9.81. The second-order valence-electron chi connectivity index (χ2n) is 7.08. The Bertz CT molecular complexity index is 526. The van der Waals surface area contributed by atoms with Crippen molar-refractivity contribution in [2.75, 3.05) is 26.3 Å². The standard InChI is InChI=1S/C18H26N2O3/c1-14(2)5-6-17(21)20-12-18(13-20)15(7-9-23-18)11-22-16-4-3-8-19-10-16/h3-4,8,10,14-15H,5-7,9,11-13H2,1-2H3. The van der Waals surface area contributed by atoms with Crippen LogP contribution in [0, 0.1) is 11.8 Å². The summed E-state index contributed by atoms with van der Waals surface area (Å²) in [7, 11) is 0. The zero-order chi connectivity index (χ0) is 16.3. The van der Waals surface area contributed by atoms with Gasteiger partial charge in [-0.3, -0.25) is 9.78 Å². The summed E-state index contributed by atoms with van der Waals surface area (Å²) in [5.41, 5.74) is -0.185. The summed E-state index contributed by atoms with van der Waals surface area (Å²) in [4.78, 5) is 18.2. The van der Waals surface area contributed by atoms with E-state index < -0.39 is 0 Å². The fourth-order valence-electron chi connectivity index (χ4n) is 3.35. The molecule has 1 aromatic rings. The highest BCUT2D eigenvalue weighted by molar-refractivity contribution is 5.77. The molecule has 5 heteroatoms. The number of carbonyl (C=O) groups excluding carboxylic acids is 1. The number of hydrogen-bond donors (Lipinski definition) is 0. The third kappa shape index (κ3) is 3.66. The quantitative estimate of drug-likeness (QED) is 0.809. The molecule has 126 valence electrons. The van der Waals surface area contributed by atoms with Crippen molar-refractivity contribution in [1.29, 1.82) is 0 Å². The van der Waals surface area contributed by atoms with Crippen molar-refractivity contribution >= 4 is 5.91 Å². The molecule has 0 bridgehead atoms. The molecule has 0 saturated carbocycles. The van der Waals surface area contributed by atoms with E-state index in [1.165, 1.54) is 0 Å². The van der Waals surface area contributed by atoms with Gasteiger partial charge in [0.25, 0.3) is 0 Å². The second kappa shape index (κ2) is 6.87. The Balaban J connectivity index is 1.49. The monoisotopic (exact) mass is 318 g/mol. The normalized spacial score (nSPS) is 22.4. The first-order chi connectivity index (χ1) is 11.1. The number of pyridine rings is 1. The Morgan fingerprint density at radius 2 is 2.35 bits per heavy atom. The van der Waals surface area contributed by atoms with Crippen LogP contribution in [0.2, 0.25) is 0 Å². The maximum absolute atomic E-state index is 12.2. The molecule has 0 N–H and O–H groups in total. The van der Waals surface area contributed by atoms with Crippen LogP contribution in [0.4, 0.5) is 0 Å². The van der Waals surface area contributed by atoms with E-state index in [2.05, 4.69) is 18.8 Å². The number of aromatic nitrogens is 1. The third-order valence-electron chi connectivity index (χ3n) is 4.89. The largest absolute Gasteiger partial charge is 0.492 e. The molecule has 2 aliphatic rings. The lowest BCUT2D eigenvalue weighted by Gasteiger charge is -2.50. The van der Waals surface area contributed by atoms with Gasteiger partial charge in [0, 0.05) is 25.1 Å². The number of hydrogen-bond acceptors (Lipinski definition) is 4. The van der Waals surface area contributed by atoms with E-state index in [0.717, 1.165) is 25.2 Å². The van der Waals surface area contributed by atoms with Gasteiger partial charge in [-0.05, 0) is 30.9 Å². The minimum Gasteiger partial charge on any atom is -0.492 e. The Morgan fingerprint density at radius 3 is 3.04 bits per heavy atom. The summed E-state index contributed by atoms with van der Waals surface area (Å²) < 4.78 is 11.8. The number of rotatable bonds is 6. The molecule has 2 aliphatic heterocycles. The summed E-state index contributed by atoms with van der Waals surface area (Å²) in [6.07, 6.45) is 6.06. The highest BCUT2D eigenvalue weighted by Crippen LogP contribution is 2.40. The van der Waals surface area contributed by atoms with Crippen LogP contribution in [0.3, 0.4) is 0 Å². The molecule has 0 aromatic carbocycles. The molecule has 1 aromatic heterocycles. The Labute approximate surface area is 138 Å². The first-order valence-electron chi connectivity index (χ1n) is 8.53. The smallest absolute Gasteiger partial charge is 0.222 e. The topological polar surface area (TPSA) is 51.7 Å². The average Bonchev–Trinajstić information content (AvgIpc) is 2.94. The van der Waals surface area contributed by atoms with Gasteiger partial charge in [-0.15, -0.1) is 0 Å². The molecule has 23 heavy (non-hydrogen) atoms. The summed E-state index contributed by atoms with van der Waals surface area (Å²) in [6.45, 7) is 7.11. The number of amides is 1. The molecule has 1 amide bonds. The van der Waals surface area contributed by atoms with E-state index >= 15 is 0 Å². The van der Waals surface area contributed by atoms with Gasteiger partial charge in [-0.2, -0.15) is 0 Å². The van der Waals surface area contributed by atoms with Gasteiger partial charge in [0.2, 0.25) is 5.91 Å². The van der Waals surface area contributed by atoms with Crippen LogP contribution >= 0.6 is 0 Å². The molecule has 1 unspecified atom stereocenters. The zero-order valence-corrected chi connectivity index (χ0v) is 14.0. The second-order valence-corrected chi connectivity index (χ2v) is 7.08. The summed E-state index contributed by atoms with van der Waals surface area (Å²) in [5, 5.41) is 0. The van der Waals surface area contributed by atoms with E-state index in [1.807, 2.05) is 17.0 Å². The van der Waals surface area contributed by atoms with Crippen LogP contribution in [0.15, 0.2) is 24.5 Å². The molecule has 2 fully saturated rings. The number of ether oxygens (including phenoxy) is 2. The highest BCUT2D eigenvalue weighted by atomic mass is 16.5. The van der Waals surface area contributed by atoms with Gasteiger partial charge in [-0.25, -0.2) is 0 Å². The van der Waals surface area contributed by atoms with E-state index in [-0.39, 0.29) is 11.5 Å². The van der Waals surface area contributed by atoms with Crippen LogP contribution in [0.25, 0.3) is 0 Å². The van der Waals surface area contributed by atoms with Gasteiger partial charge >= 0.3 is 0 Å². The Hall–Kier alpha value is -1.62. The van der Waals surface area contributed by atoms with E-state index in [9.17, 15) is 4.79 Å². The highest BCUT2D eigenvalue weighted by Gasteiger charge is 2.54. The van der Waals surface area contributed by atoms with Crippen molar-refractivity contribution in [3.63, 3.8) is 0 Å². The van der Waals surface area contributed by atoms with Crippen molar-refractivity contribution in [3.8, 4) is 5.75 Å². The SMILES string of the molecule is CC(C)CCC(=O)N1CC2(C1)OCCC2COc1cccnc1. The van der Waals surface area contributed by atoms with Crippen LogP contribution in [0.5, 0.6) is 5.75 Å². The van der Waals surface area contributed by atoms with Gasteiger partial charge in [0.05, 0.1) is 25.9 Å². The summed E-state index contributed by atoms with van der Waals surface area (Å²) in [6, 6.07) is 3.78. The fourth-order valence-corrected chi connectivity index (χ4v) is 3.35. The number of carbonyl (C=O) groups is 1. The van der Waals surface area contributed by atoms with Crippen molar-refractivity contribution in [1.82, 2.24) is 9.88 Å². The van der Waals surface area contributed by atoms with Crippen molar-refractivity contribution in [2.24, 2.45) is 11.8 Å². The number of likely N-dealkylation sites (tertiary alicyclic amines) is 1. The van der Waals surface area contributed by atoms with Gasteiger partial charge < -0.3 is 14.4 Å². The fraction of sp³-hybridized carbons (Fsp3) is 0.667. The first-order valence-corrected chi connectivity index (χ1v) is 8.53. The minimum absolute atomic E-state index is 0.185. The molecule has 2 saturated heterocycles. The van der Waals surface area contributed by atoms with E-state index in [0.29, 0.717) is 38.0 Å². The predicted molar refractivity (Wildman–Crippen MR) is 87.2 cm³/mol. The van der Waals surface area contributed by atoms with Crippen molar-refractivity contribution in [2.45, 2.75) is 38.7 Å². The summed E-state index contributed by atoms with van der Waals surface area (Å²) in [5.74, 6) is 1.96. The lowest BCUT2D eigenvalue weighted by molar-refractivity contribution is -0.167. The molecule has 0 radical (unpaired) electrons. The molecular weight excluding hydrogens is 292 g/mol. The summed E-state index contributed by atoms with van der Waals surface area (Å²) >= 11 is 0. The molecule has 3 rings (SSSR count). The molecule has 1 spiro atoms. The predicted octanol–water partition coefficient (Wildman–Crippen LogP) is 2.51. The van der Waals surface area contributed by atoms with Crippen LogP contribution in [-0.4, -0.2) is 47.7 Å². The Kier molecular flexibility index (Phi) is 4.85. The molecule has 5 nitrogen and oxygen atoms in total. The van der Waals surface area contributed by atoms with E-state index in [4.69, 9.17) is 9.47 Å². The van der Waals surface area contributed by atoms with E-state index in [1.54, 1.807) is 12.4 Å². The molecule has 1 atom stereocenters. The first kappa shape index (κ1) is 16.2. The lowest BCUT2D eigenvalue weighted by Crippen LogP contribution is -2.66. The van der Waals surface area contributed by atoms with Crippen molar-refractivity contribution < 1.29 is 14.3 Å². The number of nitrogens with zero attached hydrogens (tertiary/aromatic N) is 2. The van der Waals surface area contributed by atoms with Crippen LogP contribution in [0.1, 0.15) is 33.1 Å². The zero-order valence-electron chi connectivity index (χ0n) is 14.0. The average molecular weight is 318 g/mol. The van der Waals surface area contributed by atoms with Crippen molar-refractivity contribution in [3.05, 3.63) is 24.5 Å². The van der Waals surface area contributed by atoms with Gasteiger partial charge in [0.1, 0.15) is 11.4 Å². The Morgan fingerprint density at radius 1 is 1.52 bits per heavy atom.